The summed E-state index contributed by atoms with van der Waals surface area (Å²) in [6.45, 7) is 5.13. The summed E-state index contributed by atoms with van der Waals surface area (Å²) in [4.78, 5) is 41.9. The molecule has 0 radical (unpaired) electrons. The summed E-state index contributed by atoms with van der Waals surface area (Å²) in [5.74, 6) is 1.74. The van der Waals surface area contributed by atoms with Crippen LogP contribution in [0.15, 0.2) is 67.0 Å². The van der Waals surface area contributed by atoms with E-state index in [1.54, 1.807) is 24.5 Å². The average Bonchev–Trinajstić information content (AvgIpc) is 3.48. The molecular formula is C33H38N6O3. The van der Waals surface area contributed by atoms with Gasteiger partial charge in [-0.25, -0.2) is 4.98 Å². The van der Waals surface area contributed by atoms with Gasteiger partial charge in [-0.2, -0.15) is 0 Å². The number of carbonyl (C=O) groups excluding carboxylic acids is 2. The SMILES string of the molecule is C.Cc1cccc(NC(=O)C2CCc3ccc(Oc4ccnc(-c5ncc(C(=O)N6CCN(C)CC6)[nH]5)c4)cc3C2)c1. The molecule has 3 heterocycles. The van der Waals surface area contributed by atoms with E-state index in [4.69, 9.17) is 4.74 Å². The first-order valence-electron chi connectivity index (χ1n) is 14.1. The summed E-state index contributed by atoms with van der Waals surface area (Å²) in [5, 5.41) is 3.08. The fourth-order valence-electron chi connectivity index (χ4n) is 5.47. The molecule has 1 saturated heterocycles. The Morgan fingerprint density at radius 3 is 2.60 bits per heavy atom. The van der Waals surface area contributed by atoms with Crippen molar-refractivity contribution < 1.29 is 14.3 Å². The largest absolute Gasteiger partial charge is 0.457 e. The number of amides is 2. The lowest BCUT2D eigenvalue weighted by Crippen LogP contribution is -2.47. The molecule has 9 heteroatoms. The number of anilines is 1. The Hall–Kier alpha value is -4.50. The van der Waals surface area contributed by atoms with Gasteiger partial charge in [-0.1, -0.05) is 25.6 Å². The van der Waals surface area contributed by atoms with Crippen molar-refractivity contribution in [2.75, 3.05) is 38.5 Å². The Balaban J connectivity index is 0.00000353. The second kappa shape index (κ2) is 12.6. The van der Waals surface area contributed by atoms with Crippen molar-refractivity contribution in [1.29, 1.82) is 0 Å². The number of aromatic amines is 1. The van der Waals surface area contributed by atoms with Gasteiger partial charge in [-0.05, 0) is 80.3 Å². The lowest BCUT2D eigenvalue weighted by atomic mass is 9.83. The molecule has 0 spiro atoms. The highest BCUT2D eigenvalue weighted by molar-refractivity contribution is 5.93. The molecule has 9 nitrogen and oxygen atoms in total. The molecule has 6 rings (SSSR count). The van der Waals surface area contributed by atoms with E-state index in [2.05, 4.69) is 38.3 Å². The van der Waals surface area contributed by atoms with Gasteiger partial charge in [0.25, 0.3) is 5.91 Å². The number of nitrogens with zero attached hydrogens (tertiary/aromatic N) is 4. The molecule has 2 N–H and O–H groups in total. The minimum Gasteiger partial charge on any atom is -0.457 e. The number of carbonyl (C=O) groups is 2. The third kappa shape index (κ3) is 6.52. The average molecular weight is 567 g/mol. The summed E-state index contributed by atoms with van der Waals surface area (Å²) in [6, 6.07) is 17.6. The lowest BCUT2D eigenvalue weighted by Gasteiger charge is -2.32. The second-order valence-electron chi connectivity index (χ2n) is 10.9. The Labute approximate surface area is 246 Å². The Morgan fingerprint density at radius 1 is 0.976 bits per heavy atom. The van der Waals surface area contributed by atoms with Gasteiger partial charge in [0.05, 0.1) is 6.20 Å². The van der Waals surface area contributed by atoms with E-state index in [1.807, 2.05) is 48.2 Å². The molecule has 2 amide bonds. The quantitative estimate of drug-likeness (QED) is 0.327. The zero-order valence-corrected chi connectivity index (χ0v) is 23.4. The van der Waals surface area contributed by atoms with E-state index in [9.17, 15) is 9.59 Å². The number of likely N-dealkylation sites (N-methyl/N-ethyl adjacent to an activating group) is 1. The standard InChI is InChI=1S/C32H34N6O3.CH4/c1-21-4-3-5-25(16-21)35-31(39)23-7-6-22-8-9-26(18-24(22)17-23)41-27-10-11-33-28(19-27)30-34-20-29(36-30)32(40)38-14-12-37(2)13-15-38;/h3-5,8-11,16,18-20,23H,6-7,12-15,17H2,1-2H3,(H,34,36)(H,35,39);1H4. The molecule has 2 aromatic heterocycles. The van der Waals surface area contributed by atoms with Crippen LogP contribution in [0, 0.1) is 12.8 Å². The molecule has 1 unspecified atom stereocenters. The van der Waals surface area contributed by atoms with Crippen molar-refractivity contribution >= 4 is 17.5 Å². The number of pyridine rings is 1. The van der Waals surface area contributed by atoms with Crippen LogP contribution in [0.2, 0.25) is 0 Å². The maximum atomic E-state index is 13.0. The van der Waals surface area contributed by atoms with E-state index in [-0.39, 0.29) is 25.2 Å². The molecule has 1 aliphatic carbocycles. The molecule has 42 heavy (non-hydrogen) atoms. The fourth-order valence-corrected chi connectivity index (χ4v) is 5.47. The maximum absolute atomic E-state index is 13.0. The van der Waals surface area contributed by atoms with Crippen LogP contribution in [0.25, 0.3) is 11.5 Å². The van der Waals surface area contributed by atoms with Crippen molar-refractivity contribution in [1.82, 2.24) is 24.8 Å². The summed E-state index contributed by atoms with van der Waals surface area (Å²) in [7, 11) is 2.06. The molecule has 2 aliphatic rings. The van der Waals surface area contributed by atoms with Crippen molar-refractivity contribution in [2.45, 2.75) is 33.6 Å². The number of hydrogen-bond donors (Lipinski definition) is 2. The van der Waals surface area contributed by atoms with Gasteiger partial charge >= 0.3 is 0 Å². The van der Waals surface area contributed by atoms with Crippen LogP contribution in [-0.4, -0.2) is 69.8 Å². The number of imidazole rings is 1. The van der Waals surface area contributed by atoms with Gasteiger partial charge in [0.15, 0.2) is 5.82 Å². The first-order valence-corrected chi connectivity index (χ1v) is 14.1. The van der Waals surface area contributed by atoms with Crippen LogP contribution in [0.5, 0.6) is 11.5 Å². The van der Waals surface area contributed by atoms with E-state index >= 15 is 0 Å². The smallest absolute Gasteiger partial charge is 0.272 e. The van der Waals surface area contributed by atoms with E-state index in [0.29, 0.717) is 48.2 Å². The Kier molecular flexibility index (Phi) is 8.68. The Morgan fingerprint density at radius 2 is 1.79 bits per heavy atom. The zero-order valence-electron chi connectivity index (χ0n) is 23.4. The molecule has 4 aromatic rings. The summed E-state index contributed by atoms with van der Waals surface area (Å²) in [5.41, 5.74) is 5.37. The third-order valence-electron chi connectivity index (χ3n) is 7.87. The molecule has 1 fully saturated rings. The molecule has 1 aliphatic heterocycles. The van der Waals surface area contributed by atoms with E-state index in [0.717, 1.165) is 42.7 Å². The van der Waals surface area contributed by atoms with E-state index in [1.165, 1.54) is 5.56 Å². The second-order valence-corrected chi connectivity index (χ2v) is 10.9. The van der Waals surface area contributed by atoms with Gasteiger partial charge < -0.3 is 24.8 Å². The monoisotopic (exact) mass is 566 g/mol. The van der Waals surface area contributed by atoms with Crippen LogP contribution >= 0.6 is 0 Å². The number of aromatic nitrogens is 3. The summed E-state index contributed by atoms with van der Waals surface area (Å²) < 4.78 is 6.21. The molecular weight excluding hydrogens is 528 g/mol. The number of fused-ring (bicyclic) bond motifs is 1. The van der Waals surface area contributed by atoms with Gasteiger partial charge in [0.2, 0.25) is 5.91 Å². The van der Waals surface area contributed by atoms with Gasteiger partial charge in [0.1, 0.15) is 22.9 Å². The minimum atomic E-state index is -0.0903. The van der Waals surface area contributed by atoms with Crippen LogP contribution in [0.3, 0.4) is 0 Å². The number of hydrogen-bond acceptors (Lipinski definition) is 6. The van der Waals surface area contributed by atoms with Gasteiger partial charge in [-0.15, -0.1) is 0 Å². The molecule has 1 atom stereocenters. The van der Waals surface area contributed by atoms with Crippen molar-refractivity contribution in [3.05, 3.63) is 89.4 Å². The van der Waals surface area contributed by atoms with Crippen molar-refractivity contribution in [2.24, 2.45) is 5.92 Å². The number of nitrogens with one attached hydrogen (secondary N) is 2. The highest BCUT2D eigenvalue weighted by atomic mass is 16.5. The fraction of sp³-hybridized carbons (Fsp3) is 0.333. The highest BCUT2D eigenvalue weighted by Gasteiger charge is 2.26. The maximum Gasteiger partial charge on any atom is 0.272 e. The van der Waals surface area contributed by atoms with Crippen LogP contribution in [0.4, 0.5) is 5.69 Å². The number of benzene rings is 2. The predicted octanol–water partition coefficient (Wildman–Crippen LogP) is 5.34. The first kappa shape index (κ1) is 29.0. The minimum absolute atomic E-state index is 0. The van der Waals surface area contributed by atoms with Crippen molar-refractivity contribution in [3.8, 4) is 23.0 Å². The van der Waals surface area contributed by atoms with Crippen LogP contribution in [0.1, 0.15) is 41.0 Å². The topological polar surface area (TPSA) is 103 Å². The third-order valence-corrected chi connectivity index (χ3v) is 7.87. The number of aryl methyl sites for hydroxylation is 2. The normalized spacial score (nSPS) is 16.7. The van der Waals surface area contributed by atoms with E-state index < -0.39 is 0 Å². The van der Waals surface area contributed by atoms with Crippen molar-refractivity contribution in [3.63, 3.8) is 0 Å². The lowest BCUT2D eigenvalue weighted by molar-refractivity contribution is -0.120. The number of rotatable bonds is 6. The Bertz CT molecular complexity index is 1570. The van der Waals surface area contributed by atoms with Crippen LogP contribution < -0.4 is 10.1 Å². The summed E-state index contributed by atoms with van der Waals surface area (Å²) in [6.07, 6.45) is 5.58. The van der Waals surface area contributed by atoms with Crippen LogP contribution in [-0.2, 0) is 17.6 Å². The first-order chi connectivity index (χ1) is 19.9. The predicted molar refractivity (Wildman–Crippen MR) is 164 cm³/mol. The molecule has 0 saturated carbocycles. The molecule has 218 valence electrons. The summed E-state index contributed by atoms with van der Waals surface area (Å²) >= 11 is 0. The number of H-pyrrole nitrogens is 1. The zero-order chi connectivity index (χ0) is 28.3. The number of piperazine rings is 1. The number of ether oxygens (including phenoxy) is 1. The van der Waals surface area contributed by atoms with Gasteiger partial charge in [0, 0.05) is 50.0 Å². The molecule has 2 aromatic carbocycles. The highest BCUT2D eigenvalue weighted by Crippen LogP contribution is 2.32. The molecule has 0 bridgehead atoms. The van der Waals surface area contributed by atoms with Gasteiger partial charge in [-0.3, -0.25) is 14.6 Å².